The number of hydrogen-bond acceptors (Lipinski definition) is 5. The summed E-state index contributed by atoms with van der Waals surface area (Å²) in [5.74, 6) is 1.49. The van der Waals surface area contributed by atoms with Gasteiger partial charge >= 0.3 is 0 Å². The van der Waals surface area contributed by atoms with Crippen molar-refractivity contribution in [3.05, 3.63) is 27.9 Å². The van der Waals surface area contributed by atoms with Crippen LogP contribution < -0.4 is 5.32 Å². The van der Waals surface area contributed by atoms with Crippen LogP contribution in [0, 0.1) is 3.57 Å². The molecule has 112 valence electrons. The molecule has 0 unspecified atom stereocenters. The minimum Gasteiger partial charge on any atom is -0.369 e. The highest BCUT2D eigenvalue weighted by molar-refractivity contribution is 14.1. The Labute approximate surface area is 139 Å². The van der Waals surface area contributed by atoms with Gasteiger partial charge in [-0.2, -0.15) is 0 Å². The molecule has 0 radical (unpaired) electrons. The van der Waals surface area contributed by atoms with E-state index in [9.17, 15) is 0 Å². The highest BCUT2D eigenvalue weighted by Crippen LogP contribution is 2.31. The van der Waals surface area contributed by atoms with E-state index in [1.54, 1.807) is 18.6 Å². The summed E-state index contributed by atoms with van der Waals surface area (Å²) in [4.78, 5) is 17.8. The third-order valence-corrected chi connectivity index (χ3v) is 3.92. The van der Waals surface area contributed by atoms with Crippen LogP contribution in [0.25, 0.3) is 11.5 Å². The summed E-state index contributed by atoms with van der Waals surface area (Å²) < 4.78 is 1.07. The first-order valence-corrected chi connectivity index (χ1v) is 8.09. The lowest BCUT2D eigenvalue weighted by Gasteiger charge is -2.22. The molecule has 0 fully saturated rings. The summed E-state index contributed by atoms with van der Waals surface area (Å²) in [7, 11) is 0. The van der Waals surface area contributed by atoms with E-state index in [1.165, 1.54) is 0 Å². The normalized spacial score (nSPS) is 11.5. The maximum atomic E-state index is 4.72. The number of halogens is 1. The third kappa shape index (κ3) is 3.87. The van der Waals surface area contributed by atoms with Crippen LogP contribution in [0.3, 0.4) is 0 Å². The van der Waals surface area contributed by atoms with E-state index in [0.717, 1.165) is 28.0 Å². The summed E-state index contributed by atoms with van der Waals surface area (Å²) in [5.41, 5.74) is 1.66. The zero-order chi connectivity index (χ0) is 15.5. The molecule has 1 N–H and O–H groups in total. The molecule has 0 aliphatic heterocycles. The fourth-order valence-electron chi connectivity index (χ4n) is 1.83. The van der Waals surface area contributed by atoms with Gasteiger partial charge in [-0.25, -0.2) is 15.0 Å². The first kappa shape index (κ1) is 16.1. The van der Waals surface area contributed by atoms with Crippen LogP contribution in [0.15, 0.2) is 18.6 Å². The van der Waals surface area contributed by atoms with Gasteiger partial charge in [-0.1, -0.05) is 27.7 Å². The first-order chi connectivity index (χ1) is 9.93. The molecular formula is C15H20IN5. The molecule has 0 saturated heterocycles. The number of anilines is 1. The van der Waals surface area contributed by atoms with Gasteiger partial charge in [0.15, 0.2) is 5.82 Å². The molecule has 2 aromatic rings. The van der Waals surface area contributed by atoms with Crippen LogP contribution in [-0.2, 0) is 5.41 Å². The monoisotopic (exact) mass is 397 g/mol. The molecule has 0 aromatic carbocycles. The Bertz CT molecular complexity index is 607. The molecule has 0 spiro atoms. The van der Waals surface area contributed by atoms with Crippen LogP contribution >= 0.6 is 22.6 Å². The topological polar surface area (TPSA) is 63.6 Å². The second-order valence-electron chi connectivity index (χ2n) is 5.83. The van der Waals surface area contributed by atoms with Gasteiger partial charge in [-0.3, -0.25) is 4.98 Å². The standard InChI is InChI=1S/C15H20IN5/c1-5-6-19-14-11(16)12(15(2,3)4)20-13(21-14)10-9-17-7-8-18-10/h7-9H,5-6H2,1-4H3,(H,19,20,21). The average Bonchev–Trinajstić information content (AvgIpc) is 2.46. The molecule has 0 bridgehead atoms. The van der Waals surface area contributed by atoms with Crippen molar-refractivity contribution in [3.63, 3.8) is 0 Å². The lowest BCUT2D eigenvalue weighted by molar-refractivity contribution is 0.564. The molecule has 0 amide bonds. The lowest BCUT2D eigenvalue weighted by Crippen LogP contribution is -2.19. The molecule has 0 aliphatic rings. The smallest absolute Gasteiger partial charge is 0.182 e. The number of aromatic nitrogens is 4. The van der Waals surface area contributed by atoms with Gasteiger partial charge in [0.05, 0.1) is 15.5 Å². The van der Waals surface area contributed by atoms with Crippen molar-refractivity contribution in [2.24, 2.45) is 0 Å². The number of nitrogens with zero attached hydrogens (tertiary/aromatic N) is 4. The fourth-order valence-corrected chi connectivity index (χ4v) is 3.07. The van der Waals surface area contributed by atoms with E-state index in [0.29, 0.717) is 11.5 Å². The van der Waals surface area contributed by atoms with Crippen LogP contribution in [0.1, 0.15) is 39.8 Å². The Hall–Kier alpha value is -1.31. The van der Waals surface area contributed by atoms with Crippen LogP contribution in [0.5, 0.6) is 0 Å². The molecule has 2 aromatic heterocycles. The summed E-state index contributed by atoms with van der Waals surface area (Å²) in [6.45, 7) is 9.48. The van der Waals surface area contributed by atoms with Gasteiger partial charge in [0.2, 0.25) is 0 Å². The van der Waals surface area contributed by atoms with Crippen molar-refractivity contribution in [2.45, 2.75) is 39.5 Å². The van der Waals surface area contributed by atoms with Crippen molar-refractivity contribution in [1.29, 1.82) is 0 Å². The van der Waals surface area contributed by atoms with E-state index < -0.39 is 0 Å². The van der Waals surface area contributed by atoms with Crippen LogP contribution in [-0.4, -0.2) is 26.5 Å². The van der Waals surface area contributed by atoms with Crippen molar-refractivity contribution >= 4 is 28.4 Å². The van der Waals surface area contributed by atoms with E-state index in [4.69, 9.17) is 4.98 Å². The Morgan fingerprint density at radius 3 is 2.52 bits per heavy atom. The largest absolute Gasteiger partial charge is 0.369 e. The van der Waals surface area contributed by atoms with Crippen molar-refractivity contribution in [1.82, 2.24) is 19.9 Å². The average molecular weight is 397 g/mol. The minimum atomic E-state index is -0.0565. The fraction of sp³-hybridized carbons (Fsp3) is 0.467. The predicted molar refractivity (Wildman–Crippen MR) is 93.3 cm³/mol. The Morgan fingerprint density at radius 2 is 1.95 bits per heavy atom. The SMILES string of the molecule is CCCNc1nc(-c2cnccn2)nc(C(C)(C)C)c1I. The first-order valence-electron chi connectivity index (χ1n) is 7.01. The number of nitrogens with one attached hydrogen (secondary N) is 1. The van der Waals surface area contributed by atoms with Crippen molar-refractivity contribution in [3.8, 4) is 11.5 Å². The van der Waals surface area contributed by atoms with Crippen molar-refractivity contribution < 1.29 is 0 Å². The van der Waals surface area contributed by atoms with E-state index in [1.807, 2.05) is 0 Å². The maximum absolute atomic E-state index is 4.72. The zero-order valence-corrected chi connectivity index (χ0v) is 15.0. The quantitative estimate of drug-likeness (QED) is 0.798. The van der Waals surface area contributed by atoms with Gasteiger partial charge in [-0.05, 0) is 29.0 Å². The predicted octanol–water partition coefficient (Wildman–Crippen LogP) is 3.66. The third-order valence-electron chi connectivity index (χ3n) is 2.90. The minimum absolute atomic E-state index is 0.0565. The molecule has 5 nitrogen and oxygen atoms in total. The van der Waals surface area contributed by atoms with E-state index in [2.05, 4.69) is 70.6 Å². The Morgan fingerprint density at radius 1 is 1.19 bits per heavy atom. The number of rotatable bonds is 4. The molecule has 2 heterocycles. The van der Waals surface area contributed by atoms with Gasteiger partial charge < -0.3 is 5.32 Å². The van der Waals surface area contributed by atoms with Crippen LogP contribution in [0.2, 0.25) is 0 Å². The zero-order valence-electron chi connectivity index (χ0n) is 12.8. The van der Waals surface area contributed by atoms with E-state index in [-0.39, 0.29) is 5.41 Å². The van der Waals surface area contributed by atoms with Crippen molar-refractivity contribution in [2.75, 3.05) is 11.9 Å². The Kier molecular flexibility index (Phi) is 5.08. The molecule has 0 aliphatic carbocycles. The lowest BCUT2D eigenvalue weighted by atomic mass is 9.92. The molecule has 0 atom stereocenters. The number of hydrogen-bond donors (Lipinski definition) is 1. The Balaban J connectivity index is 2.56. The summed E-state index contributed by atoms with van der Waals surface area (Å²) in [6.07, 6.45) is 6.05. The maximum Gasteiger partial charge on any atom is 0.182 e. The van der Waals surface area contributed by atoms with E-state index >= 15 is 0 Å². The van der Waals surface area contributed by atoms with Gasteiger partial charge in [0.25, 0.3) is 0 Å². The summed E-state index contributed by atoms with van der Waals surface area (Å²) in [6, 6.07) is 0. The summed E-state index contributed by atoms with van der Waals surface area (Å²) >= 11 is 2.32. The van der Waals surface area contributed by atoms with Gasteiger partial charge in [-0.15, -0.1) is 0 Å². The van der Waals surface area contributed by atoms with Gasteiger partial charge in [0, 0.05) is 24.4 Å². The van der Waals surface area contributed by atoms with Gasteiger partial charge in [0.1, 0.15) is 11.5 Å². The molecule has 21 heavy (non-hydrogen) atoms. The molecule has 6 heteroatoms. The molecule has 0 saturated carbocycles. The highest BCUT2D eigenvalue weighted by Gasteiger charge is 2.23. The molecule has 2 rings (SSSR count). The van der Waals surface area contributed by atoms with Crippen LogP contribution in [0.4, 0.5) is 5.82 Å². The summed E-state index contributed by atoms with van der Waals surface area (Å²) in [5, 5.41) is 3.38. The molecular weight excluding hydrogens is 377 g/mol. The highest BCUT2D eigenvalue weighted by atomic mass is 127. The second kappa shape index (κ2) is 6.64. The second-order valence-corrected chi connectivity index (χ2v) is 6.90.